The highest BCUT2D eigenvalue weighted by Crippen LogP contribution is 2.15. The van der Waals surface area contributed by atoms with Gasteiger partial charge in [0.25, 0.3) is 5.91 Å². The lowest BCUT2D eigenvalue weighted by molar-refractivity contribution is 0.102. The maximum atomic E-state index is 11.8. The first-order chi connectivity index (χ1) is 9.20. The summed E-state index contributed by atoms with van der Waals surface area (Å²) < 4.78 is 4.86. The highest BCUT2D eigenvalue weighted by atomic mass is 16.3. The van der Waals surface area contributed by atoms with Crippen molar-refractivity contribution < 1.29 is 14.3 Å². The van der Waals surface area contributed by atoms with Crippen molar-refractivity contribution in [2.75, 3.05) is 11.9 Å². The molecule has 4 nitrogen and oxygen atoms in total. The zero-order valence-electron chi connectivity index (χ0n) is 10.4. The maximum absolute atomic E-state index is 11.8. The Morgan fingerprint density at radius 2 is 2.26 bits per heavy atom. The van der Waals surface area contributed by atoms with Gasteiger partial charge in [-0.2, -0.15) is 0 Å². The van der Waals surface area contributed by atoms with Crippen LogP contribution in [0.2, 0.25) is 0 Å². The summed E-state index contributed by atoms with van der Waals surface area (Å²) in [5.74, 6) is 5.20. The number of hydrogen-bond acceptors (Lipinski definition) is 3. The molecule has 4 heteroatoms. The first-order valence-corrected chi connectivity index (χ1v) is 5.74. The molecule has 0 bridgehead atoms. The second kappa shape index (κ2) is 5.89. The van der Waals surface area contributed by atoms with Crippen LogP contribution in [0.25, 0.3) is 0 Å². The number of benzene rings is 1. The van der Waals surface area contributed by atoms with Crippen molar-refractivity contribution in [3.8, 4) is 11.8 Å². The third kappa shape index (κ3) is 3.24. The van der Waals surface area contributed by atoms with Crippen LogP contribution in [-0.4, -0.2) is 17.6 Å². The summed E-state index contributed by atoms with van der Waals surface area (Å²) >= 11 is 0. The predicted molar refractivity (Wildman–Crippen MR) is 71.8 cm³/mol. The molecule has 0 aliphatic carbocycles. The van der Waals surface area contributed by atoms with Gasteiger partial charge in [0.1, 0.15) is 12.9 Å². The molecule has 0 fully saturated rings. The van der Waals surface area contributed by atoms with Crippen LogP contribution in [0, 0.1) is 18.8 Å². The summed E-state index contributed by atoms with van der Waals surface area (Å²) in [5.41, 5.74) is 2.88. The fourth-order valence-corrected chi connectivity index (χ4v) is 1.57. The van der Waals surface area contributed by atoms with Crippen LogP contribution >= 0.6 is 0 Å². The number of aliphatic hydroxyl groups excluding tert-OH is 1. The number of hydrogen-bond donors (Lipinski definition) is 2. The summed E-state index contributed by atoms with van der Waals surface area (Å²) in [7, 11) is 0. The van der Waals surface area contributed by atoms with Gasteiger partial charge in [0.05, 0.1) is 11.8 Å². The van der Waals surface area contributed by atoms with E-state index in [9.17, 15) is 4.79 Å². The molecule has 1 aromatic carbocycles. The number of nitrogens with one attached hydrogen (secondary N) is 1. The Balaban J connectivity index is 2.19. The Morgan fingerprint density at radius 3 is 2.95 bits per heavy atom. The Morgan fingerprint density at radius 1 is 1.42 bits per heavy atom. The number of carbonyl (C=O) groups excluding carboxylic acids is 1. The Kier molecular flexibility index (Phi) is 4.01. The van der Waals surface area contributed by atoms with Crippen LogP contribution in [0.1, 0.15) is 21.5 Å². The average molecular weight is 255 g/mol. The maximum Gasteiger partial charge on any atom is 0.258 e. The molecule has 96 valence electrons. The Labute approximate surface area is 111 Å². The zero-order chi connectivity index (χ0) is 13.7. The number of aliphatic hydroxyl groups is 1. The van der Waals surface area contributed by atoms with Crippen molar-refractivity contribution in [2.45, 2.75) is 6.92 Å². The molecule has 0 radical (unpaired) electrons. The van der Waals surface area contributed by atoms with E-state index in [2.05, 4.69) is 17.2 Å². The lowest BCUT2D eigenvalue weighted by Gasteiger charge is -2.06. The fourth-order valence-electron chi connectivity index (χ4n) is 1.57. The SMILES string of the molecule is Cc1ccc(NC(=O)c2ccoc2)cc1C#CCO. The summed E-state index contributed by atoms with van der Waals surface area (Å²) in [6, 6.07) is 7.04. The van der Waals surface area contributed by atoms with Crippen LogP contribution in [0.5, 0.6) is 0 Å². The normalized spacial score (nSPS) is 9.58. The van der Waals surface area contributed by atoms with E-state index in [1.54, 1.807) is 18.2 Å². The lowest BCUT2D eigenvalue weighted by atomic mass is 10.1. The second-order valence-corrected chi connectivity index (χ2v) is 3.96. The van der Waals surface area contributed by atoms with Gasteiger partial charge in [-0.15, -0.1) is 0 Å². The standard InChI is InChI=1S/C15H13NO3/c1-11-4-5-14(9-12(11)3-2-7-17)16-15(18)13-6-8-19-10-13/h4-6,8-10,17H,7H2,1H3,(H,16,18). The van der Waals surface area contributed by atoms with E-state index in [0.29, 0.717) is 11.3 Å². The number of carbonyl (C=O) groups is 1. The molecule has 1 aromatic heterocycles. The van der Waals surface area contributed by atoms with Crippen LogP contribution in [0.3, 0.4) is 0 Å². The molecular weight excluding hydrogens is 242 g/mol. The van der Waals surface area contributed by atoms with Crippen molar-refractivity contribution in [3.05, 3.63) is 53.5 Å². The second-order valence-electron chi connectivity index (χ2n) is 3.96. The van der Waals surface area contributed by atoms with Crippen molar-refractivity contribution in [1.29, 1.82) is 0 Å². The average Bonchev–Trinajstić information content (AvgIpc) is 2.93. The smallest absolute Gasteiger partial charge is 0.258 e. The molecule has 0 saturated carbocycles. The number of amides is 1. The minimum absolute atomic E-state index is 0.189. The molecule has 0 aliphatic heterocycles. The first-order valence-electron chi connectivity index (χ1n) is 5.74. The van der Waals surface area contributed by atoms with Crippen molar-refractivity contribution in [3.63, 3.8) is 0 Å². The Hall–Kier alpha value is -2.51. The molecule has 0 atom stereocenters. The highest BCUT2D eigenvalue weighted by Gasteiger charge is 2.07. The monoisotopic (exact) mass is 255 g/mol. The molecule has 0 spiro atoms. The molecule has 0 aliphatic rings. The molecule has 1 amide bonds. The largest absolute Gasteiger partial charge is 0.472 e. The minimum atomic E-state index is -0.237. The Bertz CT molecular complexity index is 633. The topological polar surface area (TPSA) is 62.5 Å². The minimum Gasteiger partial charge on any atom is -0.472 e. The number of anilines is 1. The van der Waals surface area contributed by atoms with Gasteiger partial charge in [0.15, 0.2) is 0 Å². The quantitative estimate of drug-likeness (QED) is 0.808. The fraction of sp³-hybridized carbons (Fsp3) is 0.133. The molecule has 2 N–H and O–H groups in total. The van der Waals surface area contributed by atoms with E-state index in [1.165, 1.54) is 12.5 Å². The predicted octanol–water partition coefficient (Wildman–Crippen LogP) is 2.18. The highest BCUT2D eigenvalue weighted by molar-refractivity contribution is 6.04. The number of aryl methyl sites for hydroxylation is 1. The van der Waals surface area contributed by atoms with Crippen LogP contribution in [-0.2, 0) is 0 Å². The molecule has 19 heavy (non-hydrogen) atoms. The van der Waals surface area contributed by atoms with Gasteiger partial charge in [-0.25, -0.2) is 0 Å². The van der Waals surface area contributed by atoms with Gasteiger partial charge >= 0.3 is 0 Å². The van der Waals surface area contributed by atoms with Gasteiger partial charge in [-0.05, 0) is 30.7 Å². The van der Waals surface area contributed by atoms with Gasteiger partial charge in [0.2, 0.25) is 0 Å². The third-order valence-electron chi connectivity index (χ3n) is 2.58. The van der Waals surface area contributed by atoms with Crippen molar-refractivity contribution in [1.82, 2.24) is 0 Å². The summed E-state index contributed by atoms with van der Waals surface area (Å²) in [5, 5.41) is 11.5. The molecule has 0 unspecified atom stereocenters. The molecule has 1 heterocycles. The summed E-state index contributed by atoms with van der Waals surface area (Å²) in [6.45, 7) is 1.73. The number of rotatable bonds is 2. The van der Waals surface area contributed by atoms with Crippen LogP contribution in [0.15, 0.2) is 41.2 Å². The van der Waals surface area contributed by atoms with E-state index >= 15 is 0 Å². The van der Waals surface area contributed by atoms with Gasteiger partial charge in [0, 0.05) is 11.3 Å². The van der Waals surface area contributed by atoms with E-state index in [1.807, 2.05) is 13.0 Å². The van der Waals surface area contributed by atoms with E-state index in [-0.39, 0.29) is 12.5 Å². The van der Waals surface area contributed by atoms with E-state index in [4.69, 9.17) is 9.52 Å². The lowest BCUT2D eigenvalue weighted by Crippen LogP contribution is -2.10. The van der Waals surface area contributed by atoms with Gasteiger partial charge < -0.3 is 14.8 Å². The van der Waals surface area contributed by atoms with Crippen molar-refractivity contribution >= 4 is 11.6 Å². The summed E-state index contributed by atoms with van der Waals surface area (Å²) in [4.78, 5) is 11.8. The molecule has 2 aromatic rings. The van der Waals surface area contributed by atoms with Gasteiger partial charge in [-0.1, -0.05) is 17.9 Å². The van der Waals surface area contributed by atoms with E-state index < -0.39 is 0 Å². The molecular formula is C15H13NO3. The van der Waals surface area contributed by atoms with E-state index in [0.717, 1.165) is 11.1 Å². The third-order valence-corrected chi connectivity index (χ3v) is 2.58. The number of furan rings is 1. The summed E-state index contributed by atoms with van der Waals surface area (Å²) in [6.07, 6.45) is 2.83. The van der Waals surface area contributed by atoms with Crippen LogP contribution < -0.4 is 5.32 Å². The zero-order valence-corrected chi connectivity index (χ0v) is 10.4. The van der Waals surface area contributed by atoms with Gasteiger partial charge in [-0.3, -0.25) is 4.79 Å². The first kappa shape index (κ1) is 12.9. The van der Waals surface area contributed by atoms with Crippen molar-refractivity contribution in [2.24, 2.45) is 0 Å². The van der Waals surface area contributed by atoms with Crippen LogP contribution in [0.4, 0.5) is 5.69 Å². The molecule has 2 rings (SSSR count). The molecule has 0 saturated heterocycles.